The van der Waals surface area contributed by atoms with Gasteiger partial charge in [-0.1, -0.05) is 61.7 Å². The lowest BCUT2D eigenvalue weighted by Crippen LogP contribution is -2.48. The van der Waals surface area contributed by atoms with Gasteiger partial charge in [0.1, 0.15) is 11.5 Å². The first-order chi connectivity index (χ1) is 19.2. The number of aliphatic carboxylic acids is 2. The van der Waals surface area contributed by atoms with Crippen LogP contribution in [0.5, 0.6) is 5.75 Å². The van der Waals surface area contributed by atoms with E-state index in [4.69, 9.17) is 14.9 Å². The molecule has 0 amide bonds. The molecule has 1 atom stereocenters. The second kappa shape index (κ2) is 15.2. The van der Waals surface area contributed by atoms with Crippen LogP contribution in [0.15, 0.2) is 66.7 Å². The number of methoxy groups -OCH3 is 1. The normalized spacial score (nSPS) is 17.9. The smallest absolute Gasteiger partial charge is 0.328 e. The Hall–Kier alpha value is -3.65. The maximum Gasteiger partial charge on any atom is 0.328 e. The SMILES string of the molecule is COc1ccccc1N1CCN(CCC(C)(C(=O)C2CCCCC2)c2ccccc2)CC1.O=C(O)C=CC(=O)O. The number of ketones is 1. The molecule has 216 valence electrons. The van der Waals surface area contributed by atoms with Crippen LogP contribution in [0.3, 0.4) is 0 Å². The van der Waals surface area contributed by atoms with Crippen LogP contribution in [0, 0.1) is 5.92 Å². The van der Waals surface area contributed by atoms with E-state index < -0.39 is 17.4 Å². The number of carboxylic acids is 2. The van der Waals surface area contributed by atoms with E-state index in [-0.39, 0.29) is 5.92 Å². The molecule has 1 saturated carbocycles. The summed E-state index contributed by atoms with van der Waals surface area (Å²) in [4.78, 5) is 37.8. The van der Waals surface area contributed by atoms with Gasteiger partial charge in [0.05, 0.1) is 18.2 Å². The highest BCUT2D eigenvalue weighted by atomic mass is 16.5. The summed E-state index contributed by atoms with van der Waals surface area (Å²) in [6.07, 6.45) is 7.82. The van der Waals surface area contributed by atoms with Crippen LogP contribution in [0.2, 0.25) is 0 Å². The zero-order chi connectivity index (χ0) is 29.0. The topological polar surface area (TPSA) is 107 Å². The maximum atomic E-state index is 13.8. The van der Waals surface area contributed by atoms with E-state index in [1.807, 2.05) is 18.2 Å². The summed E-state index contributed by atoms with van der Waals surface area (Å²) in [7, 11) is 1.74. The highest BCUT2D eigenvalue weighted by Gasteiger charge is 2.39. The minimum Gasteiger partial charge on any atom is -0.495 e. The molecule has 1 unspecified atom stereocenters. The molecule has 2 aliphatic rings. The molecule has 1 aliphatic heterocycles. The van der Waals surface area contributed by atoms with Crippen LogP contribution in [0.4, 0.5) is 5.69 Å². The lowest BCUT2D eigenvalue weighted by molar-refractivity contribution is -0.134. The fourth-order valence-corrected chi connectivity index (χ4v) is 5.66. The molecule has 1 heterocycles. The Morgan fingerprint density at radius 2 is 1.45 bits per heavy atom. The predicted octanol–water partition coefficient (Wildman–Crippen LogP) is 5.03. The minimum absolute atomic E-state index is 0.233. The molecule has 8 nitrogen and oxygen atoms in total. The van der Waals surface area contributed by atoms with Crippen molar-refractivity contribution in [3.8, 4) is 5.75 Å². The summed E-state index contributed by atoms with van der Waals surface area (Å²) in [6.45, 7) is 7.16. The fraction of sp³-hybridized carbons (Fsp3) is 0.469. The van der Waals surface area contributed by atoms with Crippen LogP contribution < -0.4 is 9.64 Å². The second-order valence-electron chi connectivity index (χ2n) is 10.7. The Morgan fingerprint density at radius 3 is 2.02 bits per heavy atom. The molecule has 8 heteroatoms. The number of nitrogens with zero attached hydrogens (tertiary/aromatic N) is 2. The van der Waals surface area contributed by atoms with Gasteiger partial charge in [0.2, 0.25) is 0 Å². The molecule has 1 saturated heterocycles. The van der Waals surface area contributed by atoms with Crippen molar-refractivity contribution in [2.75, 3.05) is 44.7 Å². The highest BCUT2D eigenvalue weighted by Crippen LogP contribution is 2.37. The fourth-order valence-electron chi connectivity index (χ4n) is 5.66. The standard InChI is InChI=1S/C28H38N2O2.C4H4O4/c1-28(24-13-7-4-8-14-24,27(31)23-11-5-3-6-12-23)17-18-29-19-21-30(22-20-29)25-15-9-10-16-26(25)32-2;5-3(6)1-2-4(7)8/h4,7-10,13-16,23H,3,5-6,11-12,17-22H2,1-2H3;1-2H,(H,5,6)(H,7,8). The Labute approximate surface area is 237 Å². The first-order valence-corrected chi connectivity index (χ1v) is 14.1. The summed E-state index contributed by atoms with van der Waals surface area (Å²) in [5.41, 5.74) is 1.96. The number of rotatable bonds is 10. The van der Waals surface area contributed by atoms with E-state index in [2.05, 4.69) is 53.1 Å². The molecule has 2 aromatic rings. The number of hydrogen-bond acceptors (Lipinski definition) is 6. The molecule has 1 aliphatic carbocycles. The second-order valence-corrected chi connectivity index (χ2v) is 10.7. The van der Waals surface area contributed by atoms with Crippen molar-refractivity contribution in [1.82, 2.24) is 4.90 Å². The third-order valence-electron chi connectivity index (χ3n) is 8.03. The molecule has 2 fully saturated rings. The number of ether oxygens (including phenoxy) is 1. The Morgan fingerprint density at radius 1 is 0.875 bits per heavy atom. The van der Waals surface area contributed by atoms with Gasteiger partial charge in [0, 0.05) is 44.2 Å². The number of anilines is 1. The first-order valence-electron chi connectivity index (χ1n) is 14.1. The molecule has 0 spiro atoms. The van der Waals surface area contributed by atoms with Crippen molar-refractivity contribution in [3.63, 3.8) is 0 Å². The average Bonchev–Trinajstić information content (AvgIpc) is 3.00. The number of benzene rings is 2. The largest absolute Gasteiger partial charge is 0.495 e. The first kappa shape index (κ1) is 30.9. The number of carboxylic acid groups (broad SMARTS) is 2. The molecular formula is C32H42N2O6. The van der Waals surface area contributed by atoms with Crippen LogP contribution in [0.1, 0.15) is 51.0 Å². The third kappa shape index (κ3) is 8.68. The zero-order valence-electron chi connectivity index (χ0n) is 23.6. The van der Waals surface area contributed by atoms with E-state index in [0.29, 0.717) is 17.9 Å². The molecule has 2 N–H and O–H groups in total. The number of carbonyl (C=O) groups is 3. The molecular weight excluding hydrogens is 508 g/mol. The van der Waals surface area contributed by atoms with Crippen molar-refractivity contribution < 1.29 is 29.3 Å². The monoisotopic (exact) mass is 550 g/mol. The molecule has 0 bridgehead atoms. The van der Waals surface area contributed by atoms with Gasteiger partial charge in [-0.05, 0) is 50.4 Å². The van der Waals surface area contributed by atoms with Gasteiger partial charge in [-0.2, -0.15) is 0 Å². The van der Waals surface area contributed by atoms with E-state index >= 15 is 0 Å². The Bertz CT molecular complexity index is 1120. The number of Topliss-reactive ketones (excluding diaryl/α,β-unsaturated/α-hetero) is 1. The zero-order valence-corrected chi connectivity index (χ0v) is 23.6. The minimum atomic E-state index is -1.26. The summed E-state index contributed by atoms with van der Waals surface area (Å²) in [5, 5.41) is 15.6. The van der Waals surface area contributed by atoms with Gasteiger partial charge in [-0.15, -0.1) is 0 Å². The average molecular weight is 551 g/mol. The van der Waals surface area contributed by atoms with Gasteiger partial charge in [0.15, 0.2) is 0 Å². The van der Waals surface area contributed by atoms with Crippen LogP contribution in [0.25, 0.3) is 0 Å². The third-order valence-corrected chi connectivity index (χ3v) is 8.03. The van der Waals surface area contributed by atoms with Gasteiger partial charge in [-0.3, -0.25) is 9.69 Å². The molecule has 40 heavy (non-hydrogen) atoms. The van der Waals surface area contributed by atoms with Gasteiger partial charge >= 0.3 is 11.9 Å². The Balaban J connectivity index is 0.000000482. The van der Waals surface area contributed by atoms with Gasteiger partial charge in [0.25, 0.3) is 0 Å². The van der Waals surface area contributed by atoms with E-state index in [1.165, 1.54) is 30.5 Å². The molecule has 4 rings (SSSR count). The summed E-state index contributed by atoms with van der Waals surface area (Å²) in [6, 6.07) is 18.8. The summed E-state index contributed by atoms with van der Waals surface area (Å²) >= 11 is 0. The molecule has 0 radical (unpaired) electrons. The lowest BCUT2D eigenvalue weighted by Gasteiger charge is -2.39. The lowest BCUT2D eigenvalue weighted by atomic mass is 9.69. The predicted molar refractivity (Wildman–Crippen MR) is 156 cm³/mol. The van der Waals surface area contributed by atoms with E-state index in [1.54, 1.807) is 7.11 Å². The van der Waals surface area contributed by atoms with Gasteiger partial charge < -0.3 is 19.8 Å². The number of hydrogen-bond donors (Lipinski definition) is 2. The highest BCUT2D eigenvalue weighted by molar-refractivity contribution is 5.92. The van der Waals surface area contributed by atoms with Crippen molar-refractivity contribution in [1.29, 1.82) is 0 Å². The van der Waals surface area contributed by atoms with Crippen molar-refractivity contribution in [3.05, 3.63) is 72.3 Å². The van der Waals surface area contributed by atoms with E-state index in [9.17, 15) is 14.4 Å². The molecule has 0 aromatic heterocycles. The van der Waals surface area contributed by atoms with Crippen molar-refractivity contribution in [2.24, 2.45) is 5.92 Å². The Kier molecular flexibility index (Phi) is 11.8. The van der Waals surface area contributed by atoms with Gasteiger partial charge in [-0.25, -0.2) is 9.59 Å². The molecule has 2 aromatic carbocycles. The quantitative estimate of drug-likeness (QED) is 0.397. The van der Waals surface area contributed by atoms with Crippen LogP contribution in [-0.4, -0.2) is 72.7 Å². The maximum absolute atomic E-state index is 13.8. The van der Waals surface area contributed by atoms with Crippen molar-refractivity contribution in [2.45, 2.75) is 50.9 Å². The van der Waals surface area contributed by atoms with Crippen LogP contribution in [-0.2, 0) is 19.8 Å². The van der Waals surface area contributed by atoms with E-state index in [0.717, 1.165) is 57.7 Å². The van der Waals surface area contributed by atoms with Crippen molar-refractivity contribution >= 4 is 23.4 Å². The number of carbonyl (C=O) groups excluding carboxylic acids is 1. The summed E-state index contributed by atoms with van der Waals surface area (Å²) < 4.78 is 5.56. The summed E-state index contributed by atoms with van der Waals surface area (Å²) in [5.74, 6) is -0.872. The number of para-hydroxylation sites is 2. The number of piperazine rings is 1. The van der Waals surface area contributed by atoms with Crippen LogP contribution >= 0.6 is 0 Å².